The summed E-state index contributed by atoms with van der Waals surface area (Å²) in [5.74, 6) is -0.741. The average Bonchev–Trinajstić information content (AvgIpc) is 2.88. The van der Waals surface area contributed by atoms with Crippen molar-refractivity contribution in [3.8, 4) is 0 Å². The van der Waals surface area contributed by atoms with Crippen molar-refractivity contribution in [2.45, 2.75) is 77.9 Å². The molecule has 0 saturated heterocycles. The highest BCUT2D eigenvalue weighted by molar-refractivity contribution is 7.92. The van der Waals surface area contributed by atoms with Gasteiger partial charge in [-0.05, 0) is 88.9 Å². The molecule has 0 aromatic heterocycles. The number of anilines is 1. The Labute approximate surface area is 239 Å². The summed E-state index contributed by atoms with van der Waals surface area (Å²) in [6.07, 6.45) is 0.370. The number of rotatable bonds is 10. The Balaban J connectivity index is 2.09. The van der Waals surface area contributed by atoms with E-state index in [-0.39, 0.29) is 17.3 Å². The number of hydrogen-bond donors (Lipinski definition) is 1. The van der Waals surface area contributed by atoms with Crippen molar-refractivity contribution in [2.24, 2.45) is 0 Å². The summed E-state index contributed by atoms with van der Waals surface area (Å²) in [6, 6.07) is 20.4. The van der Waals surface area contributed by atoms with Crippen molar-refractivity contribution in [3.05, 3.63) is 95.1 Å². The van der Waals surface area contributed by atoms with E-state index in [0.29, 0.717) is 12.1 Å². The van der Waals surface area contributed by atoms with E-state index in [0.717, 1.165) is 26.6 Å². The molecule has 7 nitrogen and oxygen atoms in total. The zero-order chi connectivity index (χ0) is 29.7. The molecule has 0 spiro atoms. The van der Waals surface area contributed by atoms with Gasteiger partial charge >= 0.3 is 0 Å². The largest absolute Gasteiger partial charge is 0.350 e. The number of nitrogens with zero attached hydrogens (tertiary/aromatic N) is 2. The van der Waals surface area contributed by atoms with Gasteiger partial charge in [0.1, 0.15) is 12.6 Å². The van der Waals surface area contributed by atoms with E-state index in [2.05, 4.69) is 5.32 Å². The minimum Gasteiger partial charge on any atom is -0.350 e. The molecular weight excluding hydrogens is 522 g/mol. The molecule has 8 heteroatoms. The predicted octanol–water partition coefficient (Wildman–Crippen LogP) is 5.53. The topological polar surface area (TPSA) is 86.8 Å². The minimum absolute atomic E-state index is 0.0868. The second-order valence-electron chi connectivity index (χ2n) is 11.3. The summed E-state index contributed by atoms with van der Waals surface area (Å²) in [6.45, 7) is 13.0. The summed E-state index contributed by atoms with van der Waals surface area (Å²) in [5, 5.41) is 2.99. The summed E-state index contributed by atoms with van der Waals surface area (Å²) < 4.78 is 29.0. The Morgan fingerprint density at radius 2 is 1.55 bits per heavy atom. The van der Waals surface area contributed by atoms with Crippen molar-refractivity contribution in [1.82, 2.24) is 10.2 Å². The Kier molecular flexibility index (Phi) is 9.79. The molecule has 0 aliphatic heterocycles. The van der Waals surface area contributed by atoms with Gasteiger partial charge in [-0.2, -0.15) is 0 Å². The molecule has 0 aliphatic carbocycles. The van der Waals surface area contributed by atoms with Gasteiger partial charge in [-0.25, -0.2) is 8.42 Å². The highest BCUT2D eigenvalue weighted by atomic mass is 32.2. The van der Waals surface area contributed by atoms with Crippen molar-refractivity contribution < 1.29 is 18.0 Å². The highest BCUT2D eigenvalue weighted by Crippen LogP contribution is 2.27. The molecule has 0 radical (unpaired) electrons. The third-order valence-electron chi connectivity index (χ3n) is 6.71. The lowest BCUT2D eigenvalue weighted by Crippen LogP contribution is -2.55. The van der Waals surface area contributed by atoms with Crippen molar-refractivity contribution in [1.29, 1.82) is 0 Å². The number of carbonyl (C=O) groups excluding carboxylic acids is 2. The van der Waals surface area contributed by atoms with Crippen LogP contribution in [0, 0.1) is 20.8 Å². The third kappa shape index (κ3) is 7.72. The standard InChI is InChI=1S/C32H41N3O4S/c1-8-29(31(37)33-32(5,6)7)34(21-26-14-12-13-23(2)19-26)30(36)22-35(27-18-17-24(3)25(4)20-27)40(38,39)28-15-10-9-11-16-28/h9-20,29H,8,21-22H2,1-7H3,(H,33,37)/t29-/m0/s1. The maximum atomic E-state index is 14.2. The van der Waals surface area contributed by atoms with Gasteiger partial charge in [-0.15, -0.1) is 0 Å². The van der Waals surface area contributed by atoms with Crippen LogP contribution in [0.5, 0.6) is 0 Å². The summed E-state index contributed by atoms with van der Waals surface area (Å²) in [7, 11) is -4.09. The van der Waals surface area contributed by atoms with Crippen LogP contribution in [0.4, 0.5) is 5.69 Å². The SMILES string of the molecule is CC[C@@H](C(=O)NC(C)(C)C)N(Cc1cccc(C)c1)C(=O)CN(c1ccc(C)c(C)c1)S(=O)(=O)c1ccccc1. The maximum Gasteiger partial charge on any atom is 0.264 e. The predicted molar refractivity (Wildman–Crippen MR) is 161 cm³/mol. The minimum atomic E-state index is -4.09. The Hall–Kier alpha value is -3.65. The normalized spacial score (nSPS) is 12.5. The first-order valence-corrected chi connectivity index (χ1v) is 15.0. The first-order valence-electron chi connectivity index (χ1n) is 13.5. The van der Waals surface area contributed by atoms with Crippen LogP contribution in [0.1, 0.15) is 56.4 Å². The molecule has 0 bridgehead atoms. The van der Waals surface area contributed by atoms with Crippen LogP contribution < -0.4 is 9.62 Å². The first-order chi connectivity index (χ1) is 18.7. The lowest BCUT2D eigenvalue weighted by molar-refractivity contribution is -0.141. The van der Waals surface area contributed by atoms with Crippen LogP contribution in [-0.2, 0) is 26.2 Å². The molecule has 40 heavy (non-hydrogen) atoms. The van der Waals surface area contributed by atoms with Gasteiger partial charge in [0.05, 0.1) is 10.6 Å². The zero-order valence-corrected chi connectivity index (χ0v) is 25.4. The molecule has 3 aromatic carbocycles. The third-order valence-corrected chi connectivity index (χ3v) is 8.50. The summed E-state index contributed by atoms with van der Waals surface area (Å²) >= 11 is 0. The van der Waals surface area contributed by atoms with Gasteiger partial charge in [0.15, 0.2) is 0 Å². The van der Waals surface area contributed by atoms with E-state index >= 15 is 0 Å². The van der Waals surface area contributed by atoms with E-state index in [9.17, 15) is 18.0 Å². The van der Waals surface area contributed by atoms with Gasteiger partial charge in [0.2, 0.25) is 11.8 Å². The highest BCUT2D eigenvalue weighted by Gasteiger charge is 2.34. The molecule has 0 saturated carbocycles. The molecular formula is C32H41N3O4S. The van der Waals surface area contributed by atoms with Gasteiger partial charge in [0, 0.05) is 12.1 Å². The first kappa shape index (κ1) is 30.9. The zero-order valence-electron chi connectivity index (χ0n) is 24.6. The Morgan fingerprint density at radius 3 is 2.12 bits per heavy atom. The Bertz CT molecular complexity index is 1450. The van der Waals surface area contributed by atoms with Crippen molar-refractivity contribution in [2.75, 3.05) is 10.8 Å². The monoisotopic (exact) mass is 563 g/mol. The van der Waals surface area contributed by atoms with Crippen molar-refractivity contribution >= 4 is 27.5 Å². The summed E-state index contributed by atoms with van der Waals surface area (Å²) in [5.41, 5.74) is 3.71. The number of sulfonamides is 1. The second-order valence-corrected chi connectivity index (χ2v) is 13.1. The molecule has 1 atom stereocenters. The number of carbonyl (C=O) groups is 2. The molecule has 3 rings (SSSR count). The van der Waals surface area contributed by atoms with E-state index in [1.807, 2.05) is 78.8 Å². The molecule has 0 fully saturated rings. The number of amides is 2. The number of nitrogens with one attached hydrogen (secondary N) is 1. The van der Waals surface area contributed by atoms with E-state index in [1.165, 1.54) is 17.0 Å². The molecule has 214 valence electrons. The van der Waals surface area contributed by atoms with Crippen LogP contribution in [0.3, 0.4) is 0 Å². The van der Waals surface area contributed by atoms with Crippen LogP contribution in [0.25, 0.3) is 0 Å². The van der Waals surface area contributed by atoms with E-state index < -0.39 is 34.1 Å². The lowest BCUT2D eigenvalue weighted by Gasteiger charge is -2.35. The fourth-order valence-electron chi connectivity index (χ4n) is 4.51. The Morgan fingerprint density at radius 1 is 0.875 bits per heavy atom. The molecule has 1 N–H and O–H groups in total. The number of benzene rings is 3. The van der Waals surface area contributed by atoms with Crippen LogP contribution in [0.2, 0.25) is 0 Å². The van der Waals surface area contributed by atoms with E-state index in [4.69, 9.17) is 0 Å². The van der Waals surface area contributed by atoms with Gasteiger partial charge < -0.3 is 10.2 Å². The van der Waals surface area contributed by atoms with Crippen LogP contribution in [-0.4, -0.2) is 43.3 Å². The van der Waals surface area contributed by atoms with Crippen LogP contribution in [0.15, 0.2) is 77.7 Å². The molecule has 0 heterocycles. The molecule has 3 aromatic rings. The van der Waals surface area contributed by atoms with Crippen molar-refractivity contribution in [3.63, 3.8) is 0 Å². The molecule has 0 aliphatic rings. The second kappa shape index (κ2) is 12.7. The van der Waals surface area contributed by atoms with E-state index in [1.54, 1.807) is 30.3 Å². The smallest absolute Gasteiger partial charge is 0.264 e. The van der Waals surface area contributed by atoms with Gasteiger partial charge in [0.25, 0.3) is 10.0 Å². The quantitative estimate of drug-likeness (QED) is 0.352. The van der Waals surface area contributed by atoms with Crippen LogP contribution >= 0.6 is 0 Å². The molecule has 2 amide bonds. The lowest BCUT2D eigenvalue weighted by atomic mass is 10.0. The maximum absolute atomic E-state index is 14.2. The number of aryl methyl sites for hydroxylation is 3. The van der Waals surface area contributed by atoms with Gasteiger partial charge in [-0.3, -0.25) is 13.9 Å². The van der Waals surface area contributed by atoms with Gasteiger partial charge in [-0.1, -0.05) is 61.0 Å². The average molecular weight is 564 g/mol. The fraction of sp³-hybridized carbons (Fsp3) is 0.375. The number of hydrogen-bond acceptors (Lipinski definition) is 4. The molecule has 0 unspecified atom stereocenters. The summed E-state index contributed by atoms with van der Waals surface area (Å²) in [4.78, 5) is 29.2. The fourth-order valence-corrected chi connectivity index (χ4v) is 5.94.